The van der Waals surface area contributed by atoms with E-state index in [1.54, 1.807) is 21.7 Å². The Morgan fingerprint density at radius 1 is 1.00 bits per heavy atom. The Morgan fingerprint density at radius 3 is 2.62 bits per heavy atom. The van der Waals surface area contributed by atoms with Gasteiger partial charge in [0.1, 0.15) is 17.5 Å². The van der Waals surface area contributed by atoms with Crippen molar-refractivity contribution in [2.75, 3.05) is 31.1 Å². The fraction of sp³-hybridized carbons (Fsp3) is 0.280. The predicted octanol–water partition coefficient (Wildman–Crippen LogP) is 4.58. The molecular weight excluding hydrogens is 455 g/mol. The van der Waals surface area contributed by atoms with E-state index < -0.39 is 5.82 Å². The van der Waals surface area contributed by atoms with E-state index in [2.05, 4.69) is 9.88 Å². The van der Waals surface area contributed by atoms with Gasteiger partial charge in [0.25, 0.3) is 5.91 Å². The number of fused-ring (bicyclic) bond motifs is 1. The fourth-order valence-corrected chi connectivity index (χ4v) is 4.64. The van der Waals surface area contributed by atoms with E-state index in [9.17, 15) is 9.18 Å². The van der Waals surface area contributed by atoms with Crippen LogP contribution in [-0.4, -0.2) is 56.7 Å². The molecule has 3 heterocycles. The molecule has 7 nitrogen and oxygen atoms in total. The molecular formula is C25H24ClFN6O. The number of hydrogen-bond donors (Lipinski definition) is 0. The molecule has 0 saturated carbocycles. The maximum Gasteiger partial charge on any atom is 0.254 e. The van der Waals surface area contributed by atoms with Crippen LogP contribution >= 0.6 is 11.6 Å². The van der Waals surface area contributed by atoms with Gasteiger partial charge in [-0.15, -0.1) is 0 Å². The van der Waals surface area contributed by atoms with Gasteiger partial charge in [-0.25, -0.2) is 19.0 Å². The molecule has 0 radical (unpaired) electrons. The minimum absolute atomic E-state index is 0.159. The van der Waals surface area contributed by atoms with Crippen molar-refractivity contribution in [2.45, 2.75) is 20.3 Å². The quantitative estimate of drug-likeness (QED) is 0.431. The molecule has 9 heteroatoms. The zero-order chi connectivity index (χ0) is 23.8. The summed E-state index contributed by atoms with van der Waals surface area (Å²) in [7, 11) is 0. The second kappa shape index (κ2) is 9.02. The second-order valence-corrected chi connectivity index (χ2v) is 8.79. The molecule has 174 valence electrons. The molecule has 0 atom stereocenters. The molecule has 1 amide bonds. The number of rotatable bonds is 3. The topological polar surface area (TPSA) is 67.2 Å². The van der Waals surface area contributed by atoms with E-state index >= 15 is 0 Å². The third kappa shape index (κ3) is 4.09. The Balaban J connectivity index is 1.48. The average Bonchev–Trinajstić information content (AvgIpc) is 2.98. The smallest absolute Gasteiger partial charge is 0.254 e. The first-order valence-corrected chi connectivity index (χ1v) is 11.6. The zero-order valence-corrected chi connectivity index (χ0v) is 19.8. The largest absolute Gasteiger partial charge is 0.354 e. The lowest BCUT2D eigenvalue weighted by Crippen LogP contribution is -2.35. The number of aromatic nitrogens is 4. The fourth-order valence-electron chi connectivity index (χ4n) is 4.42. The molecule has 2 aromatic heterocycles. The van der Waals surface area contributed by atoms with Crippen LogP contribution in [0.3, 0.4) is 0 Å². The molecule has 1 aliphatic rings. The molecule has 1 fully saturated rings. The highest BCUT2D eigenvalue weighted by atomic mass is 35.5. The third-order valence-corrected chi connectivity index (χ3v) is 6.35. The summed E-state index contributed by atoms with van der Waals surface area (Å²) in [5, 5.41) is 6.19. The van der Waals surface area contributed by atoms with E-state index in [4.69, 9.17) is 21.7 Å². The van der Waals surface area contributed by atoms with Crippen LogP contribution in [0.2, 0.25) is 5.02 Å². The highest BCUT2D eigenvalue weighted by Gasteiger charge is 2.25. The number of hydrogen-bond acceptors (Lipinski definition) is 5. The summed E-state index contributed by atoms with van der Waals surface area (Å²) in [5.74, 6) is 0.867. The summed E-state index contributed by atoms with van der Waals surface area (Å²) >= 11 is 6.45. The summed E-state index contributed by atoms with van der Waals surface area (Å²) in [5.41, 5.74) is 2.63. The number of para-hydroxylation sites is 1. The van der Waals surface area contributed by atoms with Gasteiger partial charge in [0.15, 0.2) is 5.65 Å². The highest BCUT2D eigenvalue weighted by Crippen LogP contribution is 2.31. The summed E-state index contributed by atoms with van der Waals surface area (Å²) in [6, 6.07) is 13.4. The van der Waals surface area contributed by atoms with Crippen molar-refractivity contribution in [3.05, 3.63) is 76.5 Å². The monoisotopic (exact) mass is 478 g/mol. The number of carbonyl (C=O) groups excluding carboxylic acids is 1. The van der Waals surface area contributed by atoms with Crippen LogP contribution in [-0.2, 0) is 0 Å². The number of amides is 1. The average molecular weight is 479 g/mol. The molecule has 0 bridgehead atoms. The number of carbonyl (C=O) groups is 1. The van der Waals surface area contributed by atoms with E-state index in [0.29, 0.717) is 41.7 Å². The predicted molar refractivity (Wildman–Crippen MR) is 130 cm³/mol. The molecule has 0 aliphatic carbocycles. The van der Waals surface area contributed by atoms with Gasteiger partial charge in [0, 0.05) is 31.7 Å². The molecule has 5 rings (SSSR count). The lowest BCUT2D eigenvalue weighted by molar-refractivity contribution is 0.0766. The van der Waals surface area contributed by atoms with Gasteiger partial charge in [-0.2, -0.15) is 5.10 Å². The standard InChI is InChI=1S/C25H24ClFN6O/c1-16-22-23(28-17(2)29-24(22)33(30-16)21-10-4-3-9-20(21)26)31-11-6-12-32(14-13-31)25(34)18-7-5-8-19(27)15-18/h3-5,7-10,15H,6,11-14H2,1-2H3. The number of aryl methyl sites for hydroxylation is 2. The number of nitrogens with zero attached hydrogens (tertiary/aromatic N) is 6. The van der Waals surface area contributed by atoms with E-state index in [0.717, 1.165) is 35.6 Å². The Bertz CT molecular complexity index is 1390. The van der Waals surface area contributed by atoms with Crippen molar-refractivity contribution < 1.29 is 9.18 Å². The normalized spacial score (nSPS) is 14.5. The van der Waals surface area contributed by atoms with Gasteiger partial charge in [0.05, 0.1) is 21.8 Å². The van der Waals surface area contributed by atoms with Gasteiger partial charge in [-0.1, -0.05) is 29.8 Å². The minimum Gasteiger partial charge on any atom is -0.354 e. The van der Waals surface area contributed by atoms with Crippen LogP contribution in [0.4, 0.5) is 10.2 Å². The van der Waals surface area contributed by atoms with Crippen molar-refractivity contribution in [3.8, 4) is 5.69 Å². The van der Waals surface area contributed by atoms with Gasteiger partial charge >= 0.3 is 0 Å². The summed E-state index contributed by atoms with van der Waals surface area (Å²) in [6.45, 7) is 6.24. The van der Waals surface area contributed by atoms with Crippen LogP contribution in [0.15, 0.2) is 48.5 Å². The Morgan fingerprint density at radius 2 is 1.82 bits per heavy atom. The minimum atomic E-state index is -0.410. The van der Waals surface area contributed by atoms with Crippen molar-refractivity contribution in [3.63, 3.8) is 0 Å². The second-order valence-electron chi connectivity index (χ2n) is 8.38. The summed E-state index contributed by atoms with van der Waals surface area (Å²) < 4.78 is 15.4. The number of benzene rings is 2. The number of anilines is 1. The van der Waals surface area contributed by atoms with E-state index in [1.807, 2.05) is 38.1 Å². The Kier molecular flexibility index (Phi) is 5.91. The number of halogens is 2. The highest BCUT2D eigenvalue weighted by molar-refractivity contribution is 6.32. The van der Waals surface area contributed by atoms with E-state index in [-0.39, 0.29) is 5.91 Å². The molecule has 0 N–H and O–H groups in total. The van der Waals surface area contributed by atoms with Crippen molar-refractivity contribution in [1.82, 2.24) is 24.6 Å². The van der Waals surface area contributed by atoms with Crippen molar-refractivity contribution in [1.29, 1.82) is 0 Å². The van der Waals surface area contributed by atoms with Crippen LogP contribution in [0.5, 0.6) is 0 Å². The van der Waals surface area contributed by atoms with Gasteiger partial charge in [0.2, 0.25) is 0 Å². The summed E-state index contributed by atoms with van der Waals surface area (Å²) in [4.78, 5) is 26.4. The maximum absolute atomic E-state index is 13.6. The van der Waals surface area contributed by atoms with Crippen LogP contribution in [0.25, 0.3) is 16.7 Å². The molecule has 4 aromatic rings. The molecule has 2 aromatic carbocycles. The summed E-state index contributed by atoms with van der Waals surface area (Å²) in [6.07, 6.45) is 0.767. The molecule has 1 aliphatic heterocycles. The Labute approximate surface area is 201 Å². The van der Waals surface area contributed by atoms with Crippen molar-refractivity contribution in [2.24, 2.45) is 0 Å². The van der Waals surface area contributed by atoms with Crippen LogP contribution in [0.1, 0.15) is 28.3 Å². The SMILES string of the molecule is Cc1nc(N2CCCN(C(=O)c3cccc(F)c3)CC2)c2c(C)nn(-c3ccccc3Cl)c2n1. The zero-order valence-electron chi connectivity index (χ0n) is 19.0. The first kappa shape index (κ1) is 22.3. The molecule has 0 unspecified atom stereocenters. The van der Waals surface area contributed by atoms with Crippen LogP contribution < -0.4 is 4.90 Å². The van der Waals surface area contributed by atoms with Gasteiger partial charge < -0.3 is 9.80 Å². The molecule has 34 heavy (non-hydrogen) atoms. The first-order chi connectivity index (χ1) is 16.4. The van der Waals surface area contributed by atoms with Gasteiger partial charge in [-0.05, 0) is 50.6 Å². The van der Waals surface area contributed by atoms with Gasteiger partial charge in [-0.3, -0.25) is 4.79 Å². The lowest BCUT2D eigenvalue weighted by Gasteiger charge is -2.24. The maximum atomic E-state index is 13.6. The van der Waals surface area contributed by atoms with E-state index in [1.165, 1.54) is 12.1 Å². The lowest BCUT2D eigenvalue weighted by atomic mass is 10.2. The first-order valence-electron chi connectivity index (χ1n) is 11.2. The molecule has 0 spiro atoms. The third-order valence-electron chi connectivity index (χ3n) is 6.03. The van der Waals surface area contributed by atoms with Crippen LogP contribution in [0, 0.1) is 19.7 Å². The Hall–Kier alpha value is -3.52. The molecule has 1 saturated heterocycles. The van der Waals surface area contributed by atoms with Crippen molar-refractivity contribution >= 4 is 34.4 Å².